The Labute approximate surface area is 115 Å². The van der Waals surface area contributed by atoms with E-state index in [1.54, 1.807) is 0 Å². The SMILES string of the molecule is Cc1nnc(N(CCCN)C2CCCCC2)nc1C. The van der Waals surface area contributed by atoms with Gasteiger partial charge in [0.1, 0.15) is 0 Å². The second-order valence-corrected chi connectivity index (χ2v) is 5.41. The fourth-order valence-corrected chi connectivity index (χ4v) is 2.67. The Morgan fingerprint density at radius 1 is 1.11 bits per heavy atom. The topological polar surface area (TPSA) is 67.9 Å². The predicted octanol–water partition coefficient (Wildman–Crippen LogP) is 1.98. The second kappa shape index (κ2) is 6.80. The van der Waals surface area contributed by atoms with Crippen LogP contribution < -0.4 is 10.6 Å². The lowest BCUT2D eigenvalue weighted by Crippen LogP contribution is -2.39. The Balaban J connectivity index is 2.17. The van der Waals surface area contributed by atoms with Gasteiger partial charge in [0, 0.05) is 12.6 Å². The summed E-state index contributed by atoms with van der Waals surface area (Å²) in [7, 11) is 0. The van der Waals surface area contributed by atoms with Gasteiger partial charge in [0.05, 0.1) is 11.4 Å². The lowest BCUT2D eigenvalue weighted by molar-refractivity contribution is 0.407. The average molecular weight is 263 g/mol. The molecule has 2 N–H and O–H groups in total. The van der Waals surface area contributed by atoms with Crippen LogP contribution in [0.5, 0.6) is 0 Å². The summed E-state index contributed by atoms with van der Waals surface area (Å²) in [6, 6.07) is 0.559. The Bertz CT molecular complexity index is 401. The highest BCUT2D eigenvalue weighted by molar-refractivity contribution is 5.31. The molecule has 0 radical (unpaired) electrons. The first-order valence-corrected chi connectivity index (χ1v) is 7.37. The van der Waals surface area contributed by atoms with Gasteiger partial charge in [-0.2, -0.15) is 5.10 Å². The highest BCUT2D eigenvalue weighted by atomic mass is 15.3. The van der Waals surface area contributed by atoms with Crippen LogP contribution >= 0.6 is 0 Å². The molecule has 0 spiro atoms. The summed E-state index contributed by atoms with van der Waals surface area (Å²) < 4.78 is 0. The van der Waals surface area contributed by atoms with Crippen molar-refractivity contribution < 1.29 is 0 Å². The quantitative estimate of drug-likeness (QED) is 0.879. The number of rotatable bonds is 5. The third-order valence-electron chi connectivity index (χ3n) is 3.96. The summed E-state index contributed by atoms with van der Waals surface area (Å²) >= 11 is 0. The Kier molecular flexibility index (Phi) is 5.07. The summed E-state index contributed by atoms with van der Waals surface area (Å²) in [5.41, 5.74) is 7.53. The zero-order valence-electron chi connectivity index (χ0n) is 12.1. The van der Waals surface area contributed by atoms with Crippen LogP contribution in [0, 0.1) is 13.8 Å². The predicted molar refractivity (Wildman–Crippen MR) is 77.2 cm³/mol. The van der Waals surface area contributed by atoms with E-state index in [0.717, 1.165) is 30.3 Å². The monoisotopic (exact) mass is 263 g/mol. The standard InChI is InChI=1S/C14H25N5/c1-11-12(2)17-18-14(16-11)19(10-6-9-15)13-7-4-3-5-8-13/h13H,3-10,15H2,1-2H3. The van der Waals surface area contributed by atoms with Crippen molar-refractivity contribution in [3.05, 3.63) is 11.4 Å². The number of aryl methyl sites for hydroxylation is 2. The minimum Gasteiger partial charge on any atom is -0.336 e. The molecule has 0 aromatic carbocycles. The maximum Gasteiger partial charge on any atom is 0.245 e. The van der Waals surface area contributed by atoms with Crippen LogP contribution in [0.15, 0.2) is 0 Å². The van der Waals surface area contributed by atoms with E-state index in [1.807, 2.05) is 13.8 Å². The van der Waals surface area contributed by atoms with E-state index < -0.39 is 0 Å². The van der Waals surface area contributed by atoms with E-state index in [0.29, 0.717) is 12.6 Å². The summed E-state index contributed by atoms with van der Waals surface area (Å²) in [5, 5.41) is 8.51. The molecule has 0 saturated heterocycles. The van der Waals surface area contributed by atoms with Crippen molar-refractivity contribution >= 4 is 5.95 Å². The normalized spacial score (nSPS) is 16.6. The van der Waals surface area contributed by atoms with Crippen molar-refractivity contribution in [1.82, 2.24) is 15.2 Å². The van der Waals surface area contributed by atoms with Crippen molar-refractivity contribution in [1.29, 1.82) is 0 Å². The molecule has 1 aliphatic rings. The third kappa shape index (κ3) is 3.62. The molecule has 0 bridgehead atoms. The van der Waals surface area contributed by atoms with Gasteiger partial charge in [-0.25, -0.2) is 4.98 Å². The fourth-order valence-electron chi connectivity index (χ4n) is 2.67. The summed E-state index contributed by atoms with van der Waals surface area (Å²) in [5.74, 6) is 0.781. The first-order chi connectivity index (χ1) is 9.22. The van der Waals surface area contributed by atoms with Crippen LogP contribution in [0.2, 0.25) is 0 Å². The number of nitrogens with zero attached hydrogens (tertiary/aromatic N) is 4. The maximum atomic E-state index is 5.66. The van der Waals surface area contributed by atoms with E-state index in [-0.39, 0.29) is 0 Å². The number of anilines is 1. The lowest BCUT2D eigenvalue weighted by Gasteiger charge is -2.34. The summed E-state index contributed by atoms with van der Waals surface area (Å²) in [6.45, 7) is 5.59. The lowest BCUT2D eigenvalue weighted by atomic mass is 9.94. The van der Waals surface area contributed by atoms with Crippen molar-refractivity contribution in [2.24, 2.45) is 5.73 Å². The summed E-state index contributed by atoms with van der Waals surface area (Å²) in [6.07, 6.45) is 7.42. The molecule has 1 aromatic heterocycles. The van der Waals surface area contributed by atoms with Gasteiger partial charge in [-0.3, -0.25) is 0 Å². The van der Waals surface area contributed by atoms with E-state index in [9.17, 15) is 0 Å². The average Bonchev–Trinajstić information content (AvgIpc) is 2.44. The van der Waals surface area contributed by atoms with Crippen molar-refractivity contribution in [2.75, 3.05) is 18.0 Å². The molecule has 1 saturated carbocycles. The van der Waals surface area contributed by atoms with Crippen molar-refractivity contribution in [3.63, 3.8) is 0 Å². The molecule has 0 atom stereocenters. The van der Waals surface area contributed by atoms with Gasteiger partial charge in [0.15, 0.2) is 0 Å². The highest BCUT2D eigenvalue weighted by Crippen LogP contribution is 2.25. The number of hydrogen-bond donors (Lipinski definition) is 1. The van der Waals surface area contributed by atoms with Crippen molar-refractivity contribution in [2.45, 2.75) is 58.4 Å². The van der Waals surface area contributed by atoms with Crippen LogP contribution in [0.4, 0.5) is 5.95 Å². The van der Waals surface area contributed by atoms with Gasteiger partial charge in [0.2, 0.25) is 5.95 Å². The molecule has 1 heterocycles. The molecule has 5 heteroatoms. The first kappa shape index (κ1) is 14.2. The number of aromatic nitrogens is 3. The zero-order chi connectivity index (χ0) is 13.7. The van der Waals surface area contributed by atoms with Gasteiger partial charge >= 0.3 is 0 Å². The molecular weight excluding hydrogens is 238 g/mol. The molecule has 5 nitrogen and oxygen atoms in total. The molecule has 0 amide bonds. The van der Waals surface area contributed by atoms with Gasteiger partial charge in [-0.05, 0) is 39.7 Å². The van der Waals surface area contributed by atoms with Gasteiger partial charge in [0.25, 0.3) is 0 Å². The minimum absolute atomic E-state index is 0.559. The zero-order valence-corrected chi connectivity index (χ0v) is 12.1. The maximum absolute atomic E-state index is 5.66. The molecule has 1 aliphatic carbocycles. The Morgan fingerprint density at radius 3 is 2.47 bits per heavy atom. The van der Waals surface area contributed by atoms with Gasteiger partial charge in [-0.1, -0.05) is 19.3 Å². The smallest absolute Gasteiger partial charge is 0.245 e. The molecule has 106 valence electrons. The highest BCUT2D eigenvalue weighted by Gasteiger charge is 2.23. The molecule has 0 unspecified atom stereocenters. The van der Waals surface area contributed by atoms with Crippen LogP contribution in [0.3, 0.4) is 0 Å². The van der Waals surface area contributed by atoms with E-state index in [4.69, 9.17) is 5.73 Å². The van der Waals surface area contributed by atoms with E-state index >= 15 is 0 Å². The largest absolute Gasteiger partial charge is 0.336 e. The first-order valence-electron chi connectivity index (χ1n) is 7.37. The second-order valence-electron chi connectivity index (χ2n) is 5.41. The summed E-state index contributed by atoms with van der Waals surface area (Å²) in [4.78, 5) is 6.94. The van der Waals surface area contributed by atoms with Crippen LogP contribution in [0.25, 0.3) is 0 Å². The van der Waals surface area contributed by atoms with Crippen LogP contribution in [0.1, 0.15) is 49.9 Å². The molecule has 2 rings (SSSR count). The van der Waals surface area contributed by atoms with Crippen LogP contribution in [-0.2, 0) is 0 Å². The number of hydrogen-bond acceptors (Lipinski definition) is 5. The third-order valence-corrected chi connectivity index (χ3v) is 3.96. The van der Waals surface area contributed by atoms with Crippen LogP contribution in [-0.4, -0.2) is 34.3 Å². The molecule has 1 fully saturated rings. The minimum atomic E-state index is 0.559. The molecule has 0 aliphatic heterocycles. The Hall–Kier alpha value is -1.23. The van der Waals surface area contributed by atoms with Crippen molar-refractivity contribution in [3.8, 4) is 0 Å². The molecule has 19 heavy (non-hydrogen) atoms. The number of nitrogens with two attached hydrogens (primary N) is 1. The fraction of sp³-hybridized carbons (Fsp3) is 0.786. The van der Waals surface area contributed by atoms with E-state index in [2.05, 4.69) is 20.1 Å². The Morgan fingerprint density at radius 2 is 1.84 bits per heavy atom. The van der Waals surface area contributed by atoms with Gasteiger partial charge < -0.3 is 10.6 Å². The van der Waals surface area contributed by atoms with E-state index in [1.165, 1.54) is 32.1 Å². The van der Waals surface area contributed by atoms with Gasteiger partial charge in [-0.15, -0.1) is 5.10 Å². The molecular formula is C14H25N5. The molecule has 1 aromatic rings.